The molecule has 4 heteroatoms. The zero-order chi connectivity index (χ0) is 11.1. The second-order valence-corrected chi connectivity index (χ2v) is 3.22. The number of aromatic nitrogens is 1. The number of rotatable bonds is 6. The Kier molecular flexibility index (Phi) is 5.25. The average molecular weight is 211 g/mol. The van der Waals surface area contributed by atoms with E-state index in [0.29, 0.717) is 0 Å². The van der Waals surface area contributed by atoms with Crippen LogP contribution in [0, 0.1) is 0 Å². The van der Waals surface area contributed by atoms with Gasteiger partial charge in [0.25, 0.3) is 0 Å². The van der Waals surface area contributed by atoms with Crippen molar-refractivity contribution in [3.05, 3.63) is 29.6 Å². The van der Waals surface area contributed by atoms with E-state index in [-0.39, 0.29) is 6.61 Å². The lowest BCUT2D eigenvalue weighted by Gasteiger charge is -2.13. The smallest absolute Gasteiger partial charge is 0.200 e. The maximum Gasteiger partial charge on any atom is 0.200 e. The molecule has 0 spiro atoms. The molecule has 1 heterocycles. The Bertz CT molecular complexity index is 287. The van der Waals surface area contributed by atoms with Crippen LogP contribution in [0.1, 0.15) is 24.0 Å². The van der Waals surface area contributed by atoms with Gasteiger partial charge in [0.1, 0.15) is 0 Å². The summed E-state index contributed by atoms with van der Waals surface area (Å²) in [5.74, 6) is 0. The van der Waals surface area contributed by atoms with E-state index in [0.717, 1.165) is 24.1 Å². The predicted molar refractivity (Wildman–Crippen MR) is 56.4 cm³/mol. The fourth-order valence-electron chi connectivity index (χ4n) is 1.40. The Hall–Kier alpha value is -0.970. The van der Waals surface area contributed by atoms with E-state index < -0.39 is 6.29 Å². The molecule has 84 valence electrons. The number of ether oxygens (including phenoxy) is 2. The Morgan fingerprint density at radius 1 is 1.40 bits per heavy atom. The van der Waals surface area contributed by atoms with Crippen LogP contribution in [0.25, 0.3) is 0 Å². The average Bonchev–Trinajstić information content (AvgIpc) is 2.29. The van der Waals surface area contributed by atoms with Crippen molar-refractivity contribution in [1.82, 2.24) is 4.98 Å². The Balaban J connectivity index is 2.72. The van der Waals surface area contributed by atoms with Gasteiger partial charge in [-0.2, -0.15) is 0 Å². The quantitative estimate of drug-likeness (QED) is 0.720. The second kappa shape index (κ2) is 6.50. The van der Waals surface area contributed by atoms with Crippen molar-refractivity contribution in [2.45, 2.75) is 19.1 Å². The standard InChI is InChI=1S/C11H17NO3/c1-14-11(15-2)10-8-9(4-3-7-13)5-6-12-10/h5-6,8,11,13H,3-4,7H2,1-2H3. The molecule has 0 aliphatic carbocycles. The first-order valence-corrected chi connectivity index (χ1v) is 4.93. The molecule has 0 amide bonds. The SMILES string of the molecule is COC(OC)c1cc(CCCO)ccn1. The molecular formula is C11H17NO3. The molecule has 0 aliphatic heterocycles. The van der Waals surface area contributed by atoms with Crippen molar-refractivity contribution >= 4 is 0 Å². The zero-order valence-electron chi connectivity index (χ0n) is 9.14. The highest BCUT2D eigenvalue weighted by atomic mass is 16.7. The van der Waals surface area contributed by atoms with E-state index >= 15 is 0 Å². The van der Waals surface area contributed by atoms with E-state index in [1.165, 1.54) is 0 Å². The summed E-state index contributed by atoms with van der Waals surface area (Å²) in [5, 5.41) is 8.73. The molecule has 0 radical (unpaired) electrons. The van der Waals surface area contributed by atoms with Gasteiger partial charge >= 0.3 is 0 Å². The van der Waals surface area contributed by atoms with E-state index in [4.69, 9.17) is 14.6 Å². The van der Waals surface area contributed by atoms with Gasteiger partial charge in [0.05, 0.1) is 5.69 Å². The van der Waals surface area contributed by atoms with Crippen molar-refractivity contribution in [2.75, 3.05) is 20.8 Å². The molecule has 1 aromatic heterocycles. The molecule has 0 saturated heterocycles. The molecule has 0 bridgehead atoms. The van der Waals surface area contributed by atoms with E-state index in [9.17, 15) is 0 Å². The number of hydrogen-bond acceptors (Lipinski definition) is 4. The summed E-state index contributed by atoms with van der Waals surface area (Å²) in [6.45, 7) is 0.204. The van der Waals surface area contributed by atoms with Gasteiger partial charge in [0.15, 0.2) is 0 Å². The number of aliphatic hydroxyl groups excluding tert-OH is 1. The van der Waals surface area contributed by atoms with Gasteiger partial charge < -0.3 is 14.6 Å². The number of aliphatic hydroxyl groups is 1. The van der Waals surface area contributed by atoms with Crippen LogP contribution in [-0.4, -0.2) is 30.9 Å². The van der Waals surface area contributed by atoms with Crippen molar-refractivity contribution in [1.29, 1.82) is 0 Å². The predicted octanol–water partition coefficient (Wildman–Crippen LogP) is 1.30. The van der Waals surface area contributed by atoms with Gasteiger partial charge in [-0.1, -0.05) is 0 Å². The molecule has 0 aromatic carbocycles. The normalized spacial score (nSPS) is 10.9. The van der Waals surface area contributed by atoms with Crippen LogP contribution >= 0.6 is 0 Å². The molecular weight excluding hydrogens is 194 g/mol. The van der Waals surface area contributed by atoms with Gasteiger partial charge in [-0.15, -0.1) is 0 Å². The molecule has 0 saturated carbocycles. The summed E-state index contributed by atoms with van der Waals surface area (Å²) in [4.78, 5) is 4.18. The third kappa shape index (κ3) is 3.58. The van der Waals surface area contributed by atoms with Crippen LogP contribution in [0.4, 0.5) is 0 Å². The third-order valence-corrected chi connectivity index (χ3v) is 2.14. The maximum atomic E-state index is 8.73. The molecule has 1 aromatic rings. The third-order valence-electron chi connectivity index (χ3n) is 2.14. The van der Waals surface area contributed by atoms with Crippen molar-refractivity contribution in [3.8, 4) is 0 Å². The Morgan fingerprint density at radius 3 is 2.73 bits per heavy atom. The molecule has 0 aliphatic rings. The highest BCUT2D eigenvalue weighted by Crippen LogP contribution is 2.16. The van der Waals surface area contributed by atoms with Crippen LogP contribution in [0.15, 0.2) is 18.3 Å². The summed E-state index contributed by atoms with van der Waals surface area (Å²) < 4.78 is 10.2. The van der Waals surface area contributed by atoms with E-state index in [1.54, 1.807) is 20.4 Å². The molecule has 0 fully saturated rings. The fourth-order valence-corrected chi connectivity index (χ4v) is 1.40. The van der Waals surface area contributed by atoms with Gasteiger partial charge in [-0.25, -0.2) is 0 Å². The fraction of sp³-hybridized carbons (Fsp3) is 0.545. The van der Waals surface area contributed by atoms with Crippen LogP contribution in [-0.2, 0) is 15.9 Å². The summed E-state index contributed by atoms with van der Waals surface area (Å²) in [6, 6.07) is 3.87. The summed E-state index contributed by atoms with van der Waals surface area (Å²) in [6.07, 6.45) is 2.91. The van der Waals surface area contributed by atoms with Gasteiger partial charge in [-0.05, 0) is 30.5 Å². The van der Waals surface area contributed by atoms with Crippen LogP contribution < -0.4 is 0 Å². The first-order chi connectivity index (χ1) is 7.31. The largest absolute Gasteiger partial charge is 0.396 e. The lowest BCUT2D eigenvalue weighted by atomic mass is 10.1. The maximum absolute atomic E-state index is 8.73. The lowest BCUT2D eigenvalue weighted by Crippen LogP contribution is -2.06. The minimum atomic E-state index is -0.418. The van der Waals surface area contributed by atoms with E-state index in [1.807, 2.05) is 12.1 Å². The van der Waals surface area contributed by atoms with Crippen molar-refractivity contribution in [3.63, 3.8) is 0 Å². The number of hydrogen-bond donors (Lipinski definition) is 1. The highest BCUT2D eigenvalue weighted by molar-refractivity contribution is 5.17. The second-order valence-electron chi connectivity index (χ2n) is 3.22. The molecule has 1 rings (SSSR count). The molecule has 0 atom stereocenters. The van der Waals surface area contributed by atoms with Gasteiger partial charge in [0, 0.05) is 27.0 Å². The number of pyridine rings is 1. The minimum Gasteiger partial charge on any atom is -0.396 e. The number of aryl methyl sites for hydroxylation is 1. The van der Waals surface area contributed by atoms with Gasteiger partial charge in [-0.3, -0.25) is 4.98 Å². The topological polar surface area (TPSA) is 51.6 Å². The van der Waals surface area contributed by atoms with Crippen molar-refractivity contribution < 1.29 is 14.6 Å². The monoisotopic (exact) mass is 211 g/mol. The van der Waals surface area contributed by atoms with Crippen LogP contribution in [0.5, 0.6) is 0 Å². The molecule has 0 unspecified atom stereocenters. The minimum absolute atomic E-state index is 0.204. The lowest BCUT2D eigenvalue weighted by molar-refractivity contribution is -0.108. The van der Waals surface area contributed by atoms with Crippen molar-refractivity contribution in [2.24, 2.45) is 0 Å². The summed E-state index contributed by atoms with van der Waals surface area (Å²) in [5.41, 5.74) is 1.89. The Labute approximate surface area is 89.9 Å². The highest BCUT2D eigenvalue weighted by Gasteiger charge is 2.10. The zero-order valence-corrected chi connectivity index (χ0v) is 9.14. The van der Waals surface area contributed by atoms with Gasteiger partial charge in [0.2, 0.25) is 6.29 Å². The van der Waals surface area contributed by atoms with Crippen LogP contribution in [0.3, 0.4) is 0 Å². The molecule has 4 nitrogen and oxygen atoms in total. The van der Waals surface area contributed by atoms with Crippen LogP contribution in [0.2, 0.25) is 0 Å². The van der Waals surface area contributed by atoms with E-state index in [2.05, 4.69) is 4.98 Å². The number of nitrogens with zero attached hydrogens (tertiary/aromatic N) is 1. The summed E-state index contributed by atoms with van der Waals surface area (Å²) >= 11 is 0. The Morgan fingerprint density at radius 2 is 2.13 bits per heavy atom. The molecule has 1 N–H and O–H groups in total. The first-order valence-electron chi connectivity index (χ1n) is 4.93. The first kappa shape index (κ1) is 12.1. The molecule has 15 heavy (non-hydrogen) atoms. The summed E-state index contributed by atoms with van der Waals surface area (Å²) in [7, 11) is 3.16. The number of methoxy groups -OCH3 is 2.